The highest BCUT2D eigenvalue weighted by Gasteiger charge is 2.40. The minimum atomic E-state index is -4.71. The molecule has 11 heteroatoms. The number of rotatable bonds is 12. The van der Waals surface area contributed by atoms with Gasteiger partial charge in [-0.2, -0.15) is 13.2 Å². The number of aromatic nitrogens is 1. The maximum absolute atomic E-state index is 13.9. The number of carbonyl (C=O) groups excluding carboxylic acids is 2. The lowest BCUT2D eigenvalue weighted by Gasteiger charge is -2.18. The monoisotopic (exact) mass is 532 g/mol. The fourth-order valence-corrected chi connectivity index (χ4v) is 4.27. The number of amides is 2. The molecule has 2 aromatic carbocycles. The molecule has 1 saturated carbocycles. The molecule has 0 bridgehead atoms. The SMILES string of the molecule is O=C(NC(CCCCNC1CC1c1ccc(C(F)(F)F)c(F)c1)C(=O)NCc1cnco1)c1ccccc1. The first kappa shape index (κ1) is 27.3. The molecule has 0 aliphatic heterocycles. The van der Waals surface area contributed by atoms with Crippen LogP contribution in [0.3, 0.4) is 0 Å². The third-order valence-corrected chi connectivity index (χ3v) is 6.42. The summed E-state index contributed by atoms with van der Waals surface area (Å²) in [6.07, 6.45) is 0.502. The maximum Gasteiger partial charge on any atom is 0.419 e. The quantitative estimate of drug-likeness (QED) is 0.235. The zero-order valence-electron chi connectivity index (χ0n) is 20.4. The Bertz CT molecular complexity index is 1220. The Morgan fingerprint density at radius 2 is 1.89 bits per heavy atom. The van der Waals surface area contributed by atoms with Gasteiger partial charge in [0.25, 0.3) is 5.91 Å². The van der Waals surface area contributed by atoms with Crippen molar-refractivity contribution in [1.82, 2.24) is 20.9 Å². The molecule has 0 saturated heterocycles. The molecule has 0 spiro atoms. The minimum absolute atomic E-state index is 0.0356. The lowest BCUT2D eigenvalue weighted by molar-refractivity contribution is -0.140. The van der Waals surface area contributed by atoms with Gasteiger partial charge in [-0.05, 0) is 62.1 Å². The molecule has 1 aliphatic rings. The smallest absolute Gasteiger partial charge is 0.419 e. The van der Waals surface area contributed by atoms with Gasteiger partial charge in [0, 0.05) is 17.5 Å². The largest absolute Gasteiger partial charge is 0.447 e. The maximum atomic E-state index is 13.9. The Morgan fingerprint density at radius 1 is 1.11 bits per heavy atom. The van der Waals surface area contributed by atoms with Crippen molar-refractivity contribution in [2.75, 3.05) is 6.54 Å². The van der Waals surface area contributed by atoms with Crippen LogP contribution in [0.25, 0.3) is 0 Å². The van der Waals surface area contributed by atoms with Crippen molar-refractivity contribution in [1.29, 1.82) is 0 Å². The number of carbonyl (C=O) groups is 2. The molecular formula is C27H28F4N4O3. The van der Waals surface area contributed by atoms with Gasteiger partial charge >= 0.3 is 6.18 Å². The number of oxazole rings is 1. The average molecular weight is 533 g/mol. The molecule has 3 N–H and O–H groups in total. The first-order valence-electron chi connectivity index (χ1n) is 12.3. The van der Waals surface area contributed by atoms with Crippen molar-refractivity contribution >= 4 is 11.8 Å². The average Bonchev–Trinajstić information content (AvgIpc) is 3.47. The summed E-state index contributed by atoms with van der Waals surface area (Å²) >= 11 is 0. The summed E-state index contributed by atoms with van der Waals surface area (Å²) in [5, 5.41) is 8.87. The van der Waals surface area contributed by atoms with E-state index in [9.17, 15) is 27.2 Å². The molecule has 202 valence electrons. The van der Waals surface area contributed by atoms with Crippen LogP contribution in [-0.4, -0.2) is 35.4 Å². The second kappa shape index (κ2) is 12.2. The molecule has 3 atom stereocenters. The Labute approximate surface area is 217 Å². The van der Waals surface area contributed by atoms with Gasteiger partial charge in [0.1, 0.15) is 17.6 Å². The van der Waals surface area contributed by atoms with Gasteiger partial charge in [0.2, 0.25) is 5.91 Å². The van der Waals surface area contributed by atoms with Crippen molar-refractivity contribution in [2.24, 2.45) is 0 Å². The van der Waals surface area contributed by atoms with E-state index in [2.05, 4.69) is 20.9 Å². The predicted octanol–water partition coefficient (Wildman–Crippen LogP) is 4.56. The fourth-order valence-electron chi connectivity index (χ4n) is 4.27. The zero-order valence-corrected chi connectivity index (χ0v) is 20.4. The summed E-state index contributed by atoms with van der Waals surface area (Å²) in [5.41, 5.74) is -0.271. The van der Waals surface area contributed by atoms with E-state index in [1.54, 1.807) is 30.3 Å². The zero-order chi connectivity index (χ0) is 27.1. The van der Waals surface area contributed by atoms with Gasteiger partial charge in [-0.1, -0.05) is 24.3 Å². The van der Waals surface area contributed by atoms with E-state index in [0.717, 1.165) is 12.1 Å². The first-order chi connectivity index (χ1) is 18.2. The van der Waals surface area contributed by atoms with Crippen molar-refractivity contribution in [3.63, 3.8) is 0 Å². The van der Waals surface area contributed by atoms with Crippen molar-refractivity contribution in [3.05, 3.63) is 89.4 Å². The predicted molar refractivity (Wildman–Crippen MR) is 130 cm³/mol. The first-order valence-corrected chi connectivity index (χ1v) is 12.3. The summed E-state index contributed by atoms with van der Waals surface area (Å²) < 4.78 is 57.3. The van der Waals surface area contributed by atoms with Gasteiger partial charge in [-0.25, -0.2) is 9.37 Å². The van der Waals surface area contributed by atoms with E-state index in [1.165, 1.54) is 18.7 Å². The van der Waals surface area contributed by atoms with Gasteiger partial charge in [-0.3, -0.25) is 9.59 Å². The lowest BCUT2D eigenvalue weighted by atomic mass is 10.1. The van der Waals surface area contributed by atoms with E-state index in [4.69, 9.17) is 4.42 Å². The minimum Gasteiger partial charge on any atom is -0.447 e. The van der Waals surface area contributed by atoms with Crippen molar-refractivity contribution in [3.8, 4) is 0 Å². The second-order valence-electron chi connectivity index (χ2n) is 9.21. The number of hydrogen-bond donors (Lipinski definition) is 3. The topological polar surface area (TPSA) is 96.3 Å². The molecule has 0 radical (unpaired) electrons. The summed E-state index contributed by atoms with van der Waals surface area (Å²) in [4.78, 5) is 29.2. The number of benzene rings is 2. The summed E-state index contributed by atoms with van der Waals surface area (Å²) in [5.74, 6) is -1.50. The number of hydrogen-bond acceptors (Lipinski definition) is 5. The number of alkyl halides is 3. The van der Waals surface area contributed by atoms with Gasteiger partial charge in [-0.15, -0.1) is 0 Å². The molecular weight excluding hydrogens is 504 g/mol. The third kappa shape index (κ3) is 7.41. The van der Waals surface area contributed by atoms with Crippen molar-refractivity contribution < 1.29 is 31.6 Å². The molecule has 3 unspecified atom stereocenters. The molecule has 4 rings (SSSR count). The van der Waals surface area contributed by atoms with Crippen LogP contribution in [0.2, 0.25) is 0 Å². The summed E-state index contributed by atoms with van der Waals surface area (Å²) in [6.45, 7) is 0.759. The molecule has 1 aliphatic carbocycles. The van der Waals surface area contributed by atoms with Crippen LogP contribution < -0.4 is 16.0 Å². The van der Waals surface area contributed by atoms with Crippen molar-refractivity contribution in [2.45, 2.75) is 56.4 Å². The third-order valence-electron chi connectivity index (χ3n) is 6.42. The van der Waals surface area contributed by atoms with E-state index < -0.39 is 23.6 Å². The van der Waals surface area contributed by atoms with Crippen LogP contribution >= 0.6 is 0 Å². The van der Waals surface area contributed by atoms with E-state index in [0.29, 0.717) is 49.1 Å². The normalized spacial score (nSPS) is 17.6. The van der Waals surface area contributed by atoms with Crippen LogP contribution in [0.4, 0.5) is 17.6 Å². The summed E-state index contributed by atoms with van der Waals surface area (Å²) in [7, 11) is 0. The summed E-state index contributed by atoms with van der Waals surface area (Å²) in [6, 6.07) is 11.0. The molecule has 38 heavy (non-hydrogen) atoms. The molecule has 1 aromatic heterocycles. The lowest BCUT2D eigenvalue weighted by Crippen LogP contribution is -2.46. The number of halogens is 4. The molecule has 1 heterocycles. The Balaban J connectivity index is 1.23. The number of nitrogens with zero attached hydrogens (tertiary/aromatic N) is 1. The Hall–Kier alpha value is -3.73. The number of nitrogens with one attached hydrogen (secondary N) is 3. The standard InChI is InChI=1S/C27H28F4N4O3/c28-22-12-18(9-10-21(22)27(29,30)31)20-13-24(20)33-11-5-4-8-23(26(37)34-15-19-14-32-16-38-19)35-25(36)17-6-2-1-3-7-17/h1-3,6-7,9-10,12,14,16,20,23-24,33H,4-5,8,11,13,15H2,(H,34,37)(H,35,36). The molecule has 2 amide bonds. The molecule has 1 fully saturated rings. The highest BCUT2D eigenvalue weighted by Crippen LogP contribution is 2.42. The highest BCUT2D eigenvalue weighted by molar-refractivity contribution is 5.97. The Morgan fingerprint density at radius 3 is 2.58 bits per heavy atom. The van der Waals surface area contributed by atoms with E-state index >= 15 is 0 Å². The fraction of sp³-hybridized carbons (Fsp3) is 0.370. The van der Waals surface area contributed by atoms with Crippen LogP contribution in [0.1, 0.15) is 58.8 Å². The second-order valence-corrected chi connectivity index (χ2v) is 9.21. The molecule has 7 nitrogen and oxygen atoms in total. The van der Waals surface area contributed by atoms with Gasteiger partial charge in [0.05, 0.1) is 18.3 Å². The van der Waals surface area contributed by atoms with Crippen LogP contribution in [0, 0.1) is 5.82 Å². The van der Waals surface area contributed by atoms with Crippen LogP contribution in [0.5, 0.6) is 0 Å². The van der Waals surface area contributed by atoms with E-state index in [1.807, 2.05) is 0 Å². The molecule has 3 aromatic rings. The van der Waals surface area contributed by atoms with Gasteiger partial charge < -0.3 is 20.4 Å². The number of unbranched alkanes of at least 4 members (excludes halogenated alkanes) is 1. The van der Waals surface area contributed by atoms with E-state index in [-0.39, 0.29) is 30.3 Å². The highest BCUT2D eigenvalue weighted by atomic mass is 19.4. The van der Waals surface area contributed by atoms with Gasteiger partial charge in [0.15, 0.2) is 6.39 Å². The van der Waals surface area contributed by atoms with Crippen LogP contribution in [0.15, 0.2) is 65.5 Å². The van der Waals surface area contributed by atoms with Crippen LogP contribution in [-0.2, 0) is 17.5 Å². The Kier molecular flexibility index (Phi) is 8.77.